The maximum absolute atomic E-state index is 3.38. The van der Waals surface area contributed by atoms with Gasteiger partial charge in [-0.1, -0.05) is 53.7 Å². The zero-order valence-corrected chi connectivity index (χ0v) is 12.0. The van der Waals surface area contributed by atoms with Crippen molar-refractivity contribution in [1.82, 2.24) is 4.98 Å². The van der Waals surface area contributed by atoms with Gasteiger partial charge in [-0.15, -0.1) is 0 Å². The lowest BCUT2D eigenvalue weighted by molar-refractivity contribution is 0.547. The lowest BCUT2D eigenvalue weighted by Crippen LogP contribution is -1.98. The van der Waals surface area contributed by atoms with Crippen LogP contribution in [0.3, 0.4) is 0 Å². The largest absolute Gasteiger partial charge is 0.356 e. The number of aromatic nitrogens is 1. The molecule has 0 saturated heterocycles. The molecule has 1 heterocycles. The molecule has 1 heteroatoms. The fourth-order valence-corrected chi connectivity index (χ4v) is 1.30. The summed E-state index contributed by atoms with van der Waals surface area (Å²) in [6.07, 6.45) is 8.73. The van der Waals surface area contributed by atoms with E-state index in [1.54, 1.807) is 0 Å². The van der Waals surface area contributed by atoms with E-state index < -0.39 is 0 Å². The molecular weight excluding hydrogens is 206 g/mol. The topological polar surface area (TPSA) is 15.8 Å². The van der Waals surface area contributed by atoms with Crippen LogP contribution in [0, 0.1) is 10.8 Å². The van der Waals surface area contributed by atoms with Crippen LogP contribution in [-0.4, -0.2) is 4.98 Å². The van der Waals surface area contributed by atoms with E-state index in [1.165, 1.54) is 0 Å². The van der Waals surface area contributed by atoms with Crippen LogP contribution in [0.1, 0.15) is 52.9 Å². The Balaban J connectivity index is 2.73. The lowest BCUT2D eigenvalue weighted by Gasteiger charge is -2.10. The van der Waals surface area contributed by atoms with Crippen molar-refractivity contribution in [1.29, 1.82) is 0 Å². The summed E-state index contributed by atoms with van der Waals surface area (Å²) in [5, 5.41) is 0. The van der Waals surface area contributed by atoms with E-state index in [0.29, 0.717) is 0 Å². The molecule has 0 aliphatic heterocycles. The van der Waals surface area contributed by atoms with E-state index in [9.17, 15) is 0 Å². The Hall–Kier alpha value is -1.24. The van der Waals surface area contributed by atoms with E-state index in [4.69, 9.17) is 0 Å². The molecule has 0 atom stereocenters. The molecule has 0 spiro atoms. The molecule has 1 aromatic rings. The van der Waals surface area contributed by atoms with E-state index in [2.05, 4.69) is 83.0 Å². The highest BCUT2D eigenvalue weighted by molar-refractivity contribution is 5.53. The van der Waals surface area contributed by atoms with Crippen molar-refractivity contribution in [2.45, 2.75) is 41.5 Å². The van der Waals surface area contributed by atoms with Gasteiger partial charge in [0.15, 0.2) is 0 Å². The highest BCUT2D eigenvalue weighted by Crippen LogP contribution is 2.19. The molecule has 0 aliphatic carbocycles. The van der Waals surface area contributed by atoms with Gasteiger partial charge in [0.05, 0.1) is 0 Å². The fraction of sp³-hybridized carbons (Fsp3) is 0.500. The minimum absolute atomic E-state index is 0.229. The Kier molecular flexibility index (Phi) is 4.03. The molecule has 0 bridgehead atoms. The van der Waals surface area contributed by atoms with Crippen molar-refractivity contribution in [3.63, 3.8) is 0 Å². The number of hydrogen-bond acceptors (Lipinski definition) is 0. The molecule has 0 saturated carbocycles. The molecule has 94 valence electrons. The molecule has 0 unspecified atom stereocenters. The van der Waals surface area contributed by atoms with E-state index in [-0.39, 0.29) is 10.8 Å². The number of allylic oxidation sites excluding steroid dienone is 2. The van der Waals surface area contributed by atoms with E-state index >= 15 is 0 Å². The third kappa shape index (κ3) is 6.15. The number of rotatable bonds is 2. The summed E-state index contributed by atoms with van der Waals surface area (Å²) in [6, 6.07) is 4.23. The van der Waals surface area contributed by atoms with Gasteiger partial charge in [0.2, 0.25) is 0 Å². The van der Waals surface area contributed by atoms with Gasteiger partial charge >= 0.3 is 0 Å². The van der Waals surface area contributed by atoms with Crippen molar-refractivity contribution >= 4 is 12.2 Å². The van der Waals surface area contributed by atoms with Crippen LogP contribution < -0.4 is 0 Å². The predicted octanol–water partition coefficient (Wildman–Crippen LogP) is 5.13. The molecule has 0 radical (unpaired) electrons. The maximum Gasteiger partial charge on any atom is 0.0381 e. The predicted molar refractivity (Wildman–Crippen MR) is 77.8 cm³/mol. The minimum Gasteiger partial charge on any atom is -0.356 e. The first kappa shape index (κ1) is 13.8. The van der Waals surface area contributed by atoms with Crippen LogP contribution >= 0.6 is 0 Å². The second kappa shape index (κ2) is 4.95. The first-order chi connectivity index (χ1) is 7.66. The summed E-state index contributed by atoms with van der Waals surface area (Å²) in [7, 11) is 0. The zero-order chi connectivity index (χ0) is 13.1. The lowest BCUT2D eigenvalue weighted by atomic mass is 9.96. The zero-order valence-electron chi connectivity index (χ0n) is 12.0. The highest BCUT2D eigenvalue weighted by atomic mass is 14.7. The Morgan fingerprint density at radius 3 is 1.41 bits per heavy atom. The van der Waals surface area contributed by atoms with Crippen molar-refractivity contribution < 1.29 is 0 Å². The molecule has 1 rings (SSSR count). The number of hydrogen-bond donors (Lipinski definition) is 1. The summed E-state index contributed by atoms with van der Waals surface area (Å²) >= 11 is 0. The quantitative estimate of drug-likeness (QED) is 0.726. The highest BCUT2D eigenvalue weighted by Gasteiger charge is 2.05. The summed E-state index contributed by atoms with van der Waals surface area (Å²) in [4.78, 5) is 3.38. The van der Waals surface area contributed by atoms with Gasteiger partial charge in [-0.05, 0) is 35.1 Å². The maximum atomic E-state index is 3.38. The van der Waals surface area contributed by atoms with Gasteiger partial charge in [-0.3, -0.25) is 0 Å². The molecule has 0 amide bonds. The Morgan fingerprint density at radius 2 is 1.12 bits per heavy atom. The molecule has 1 aromatic heterocycles. The van der Waals surface area contributed by atoms with Gasteiger partial charge < -0.3 is 4.98 Å². The average molecular weight is 231 g/mol. The SMILES string of the molecule is CC(C)(C)/C=C/c1ccc(/C=C/C(C)(C)C)[nH]1. The third-order valence-electron chi connectivity index (χ3n) is 2.26. The van der Waals surface area contributed by atoms with Crippen LogP contribution in [0.2, 0.25) is 0 Å². The van der Waals surface area contributed by atoms with Crippen LogP contribution in [0.15, 0.2) is 24.3 Å². The molecule has 0 aromatic carbocycles. The second-order valence-corrected chi connectivity index (χ2v) is 6.77. The van der Waals surface area contributed by atoms with Crippen molar-refractivity contribution in [2.24, 2.45) is 10.8 Å². The Labute approximate surface area is 106 Å². The molecular formula is C16H25N. The van der Waals surface area contributed by atoms with E-state index in [0.717, 1.165) is 11.4 Å². The van der Waals surface area contributed by atoms with Crippen LogP contribution in [0.25, 0.3) is 12.2 Å². The first-order valence-corrected chi connectivity index (χ1v) is 6.23. The summed E-state index contributed by atoms with van der Waals surface area (Å²) in [6.45, 7) is 13.2. The van der Waals surface area contributed by atoms with E-state index in [1.807, 2.05) is 0 Å². The Bertz CT molecular complexity index is 367. The molecule has 17 heavy (non-hydrogen) atoms. The smallest absolute Gasteiger partial charge is 0.0381 e. The molecule has 1 N–H and O–H groups in total. The minimum atomic E-state index is 0.229. The second-order valence-electron chi connectivity index (χ2n) is 6.77. The third-order valence-corrected chi connectivity index (χ3v) is 2.26. The van der Waals surface area contributed by atoms with Gasteiger partial charge in [0.25, 0.3) is 0 Å². The average Bonchev–Trinajstić information content (AvgIpc) is 2.57. The van der Waals surface area contributed by atoms with Gasteiger partial charge in [0.1, 0.15) is 0 Å². The van der Waals surface area contributed by atoms with Crippen LogP contribution in [-0.2, 0) is 0 Å². The summed E-state index contributed by atoms with van der Waals surface area (Å²) in [5.41, 5.74) is 2.78. The monoisotopic (exact) mass is 231 g/mol. The van der Waals surface area contributed by atoms with Crippen LogP contribution in [0.5, 0.6) is 0 Å². The first-order valence-electron chi connectivity index (χ1n) is 6.23. The standard InChI is InChI=1S/C16H25N/c1-15(2,3)11-9-13-7-8-14(17-13)10-12-16(4,5)6/h7-12,17H,1-6H3/b11-9+,12-10+. The van der Waals surface area contributed by atoms with Crippen molar-refractivity contribution in [3.05, 3.63) is 35.7 Å². The number of aromatic amines is 1. The fourth-order valence-electron chi connectivity index (χ4n) is 1.30. The number of H-pyrrole nitrogens is 1. The molecule has 0 aliphatic rings. The van der Waals surface area contributed by atoms with Crippen molar-refractivity contribution in [2.75, 3.05) is 0 Å². The molecule has 1 nitrogen and oxygen atoms in total. The van der Waals surface area contributed by atoms with Gasteiger partial charge in [-0.25, -0.2) is 0 Å². The Morgan fingerprint density at radius 1 is 0.765 bits per heavy atom. The normalized spacial score (nSPS) is 14.0. The van der Waals surface area contributed by atoms with Crippen LogP contribution in [0.4, 0.5) is 0 Å². The van der Waals surface area contributed by atoms with Gasteiger partial charge in [-0.2, -0.15) is 0 Å². The molecule has 0 fully saturated rings. The summed E-state index contributed by atoms with van der Waals surface area (Å²) < 4.78 is 0. The van der Waals surface area contributed by atoms with Gasteiger partial charge in [0, 0.05) is 11.4 Å². The summed E-state index contributed by atoms with van der Waals surface area (Å²) in [5.74, 6) is 0. The number of nitrogens with one attached hydrogen (secondary N) is 1. The van der Waals surface area contributed by atoms with Crippen molar-refractivity contribution in [3.8, 4) is 0 Å².